The van der Waals surface area contributed by atoms with Crippen molar-refractivity contribution < 1.29 is 14.3 Å². The van der Waals surface area contributed by atoms with Crippen LogP contribution >= 0.6 is 15.9 Å². The number of esters is 1. The number of anilines is 1. The second-order valence-electron chi connectivity index (χ2n) is 7.12. The summed E-state index contributed by atoms with van der Waals surface area (Å²) in [5.41, 5.74) is 2.95. The van der Waals surface area contributed by atoms with Crippen LogP contribution in [-0.2, 0) is 14.3 Å². The van der Waals surface area contributed by atoms with E-state index in [0.29, 0.717) is 6.61 Å². The van der Waals surface area contributed by atoms with E-state index in [4.69, 9.17) is 4.74 Å². The highest BCUT2D eigenvalue weighted by Crippen LogP contribution is 2.61. The monoisotopic (exact) mass is 429 g/mol. The maximum atomic E-state index is 12.5. The maximum absolute atomic E-state index is 12.5. The molecule has 1 fully saturated rings. The predicted octanol–water partition coefficient (Wildman–Crippen LogP) is 5.10. The lowest BCUT2D eigenvalue weighted by Crippen LogP contribution is -2.18. The third kappa shape index (κ3) is 4.24. The number of rotatable bonds is 6. The van der Waals surface area contributed by atoms with E-state index in [1.54, 1.807) is 0 Å². The van der Waals surface area contributed by atoms with Crippen molar-refractivity contribution in [3.05, 3.63) is 64.1 Å². The molecule has 0 spiro atoms. The van der Waals surface area contributed by atoms with Crippen LogP contribution in [0.25, 0.3) is 0 Å². The number of carbonyl (C=O) groups is 2. The van der Waals surface area contributed by atoms with Crippen molar-refractivity contribution in [2.45, 2.75) is 32.6 Å². The molecule has 1 aliphatic carbocycles. The minimum Gasteiger partial charge on any atom is -0.466 e. The van der Waals surface area contributed by atoms with Gasteiger partial charge in [0.2, 0.25) is 5.91 Å². The molecule has 2 aromatic rings. The summed E-state index contributed by atoms with van der Waals surface area (Å²) in [6.45, 7) is 5.93. The highest BCUT2D eigenvalue weighted by molar-refractivity contribution is 9.10. The minimum absolute atomic E-state index is 0.0264. The van der Waals surface area contributed by atoms with Gasteiger partial charge < -0.3 is 10.1 Å². The van der Waals surface area contributed by atoms with Gasteiger partial charge in [-0.15, -0.1) is 0 Å². The Hall–Kier alpha value is -2.14. The zero-order valence-corrected chi connectivity index (χ0v) is 17.3. The van der Waals surface area contributed by atoms with Gasteiger partial charge in [-0.3, -0.25) is 9.59 Å². The Morgan fingerprint density at radius 2 is 1.74 bits per heavy atom. The summed E-state index contributed by atoms with van der Waals surface area (Å²) in [6, 6.07) is 16.0. The Kier molecular flexibility index (Phi) is 6.00. The Balaban J connectivity index is 1.86. The first-order valence-corrected chi connectivity index (χ1v) is 10.0. The highest BCUT2D eigenvalue weighted by atomic mass is 79.9. The van der Waals surface area contributed by atoms with Crippen molar-refractivity contribution in [1.82, 2.24) is 0 Å². The first-order valence-electron chi connectivity index (χ1n) is 9.26. The fraction of sp³-hybridized carbons (Fsp3) is 0.364. The molecule has 2 aromatic carbocycles. The number of nitrogens with one attached hydrogen (secondary N) is 1. The average Bonchev–Trinajstić information content (AvgIpc) is 3.40. The lowest BCUT2D eigenvalue weighted by Gasteiger charge is -2.11. The summed E-state index contributed by atoms with van der Waals surface area (Å²) in [7, 11) is 0. The summed E-state index contributed by atoms with van der Waals surface area (Å²) in [6.07, 6.45) is 0. The van der Waals surface area contributed by atoms with Crippen LogP contribution in [0, 0.1) is 11.8 Å². The summed E-state index contributed by atoms with van der Waals surface area (Å²) in [5, 5.41) is 2.92. The van der Waals surface area contributed by atoms with E-state index >= 15 is 0 Å². The Morgan fingerprint density at radius 1 is 1.07 bits per heavy atom. The van der Waals surface area contributed by atoms with Crippen molar-refractivity contribution in [3.8, 4) is 0 Å². The summed E-state index contributed by atoms with van der Waals surface area (Å²) < 4.78 is 6.11. The van der Waals surface area contributed by atoms with E-state index in [0.717, 1.165) is 21.3 Å². The van der Waals surface area contributed by atoms with E-state index < -0.39 is 0 Å². The molecule has 0 radical (unpaired) electrons. The van der Waals surface area contributed by atoms with E-state index in [1.807, 2.05) is 57.2 Å². The SMILES string of the molecule is CCOC(=O)C1C(c2ccccc2)C1c1ccc(NC(=O)C(C)C)c(Br)c1. The van der Waals surface area contributed by atoms with Crippen molar-refractivity contribution in [3.63, 3.8) is 0 Å². The van der Waals surface area contributed by atoms with Crippen molar-refractivity contribution >= 4 is 33.5 Å². The van der Waals surface area contributed by atoms with Crippen LogP contribution in [-0.4, -0.2) is 18.5 Å². The van der Waals surface area contributed by atoms with E-state index in [1.165, 1.54) is 0 Å². The van der Waals surface area contributed by atoms with Gasteiger partial charge in [0.25, 0.3) is 0 Å². The Morgan fingerprint density at radius 3 is 2.33 bits per heavy atom. The molecule has 3 atom stereocenters. The number of halogens is 1. The van der Waals surface area contributed by atoms with Crippen LogP contribution < -0.4 is 5.32 Å². The van der Waals surface area contributed by atoms with Gasteiger partial charge in [0, 0.05) is 22.2 Å². The number of hydrogen-bond donors (Lipinski definition) is 1. The van der Waals surface area contributed by atoms with Gasteiger partial charge in [0.15, 0.2) is 0 Å². The Labute approximate surface area is 168 Å². The third-order valence-corrected chi connectivity index (χ3v) is 5.58. The standard InChI is InChI=1S/C22H24BrNO3/c1-4-27-22(26)20-18(14-8-6-5-7-9-14)19(20)15-10-11-17(16(23)12-15)24-21(25)13(2)3/h5-13,18-20H,4H2,1-3H3,(H,24,25). The zero-order valence-electron chi connectivity index (χ0n) is 15.7. The molecule has 0 bridgehead atoms. The maximum Gasteiger partial charge on any atom is 0.310 e. The summed E-state index contributed by atoms with van der Waals surface area (Å²) in [4.78, 5) is 24.4. The first-order chi connectivity index (χ1) is 12.9. The topological polar surface area (TPSA) is 55.4 Å². The molecule has 0 aromatic heterocycles. The van der Waals surface area contributed by atoms with Gasteiger partial charge >= 0.3 is 5.97 Å². The van der Waals surface area contributed by atoms with Crippen LogP contribution in [0.4, 0.5) is 5.69 Å². The first kappa shape index (κ1) is 19.6. The minimum atomic E-state index is -0.171. The van der Waals surface area contributed by atoms with Crippen LogP contribution in [0.1, 0.15) is 43.7 Å². The zero-order chi connectivity index (χ0) is 19.6. The Bertz CT molecular complexity index is 835. The molecule has 1 aliphatic rings. The van der Waals surface area contributed by atoms with Crippen molar-refractivity contribution in [1.29, 1.82) is 0 Å². The van der Waals surface area contributed by atoms with Gasteiger partial charge in [-0.05, 0) is 46.1 Å². The van der Waals surface area contributed by atoms with E-state index in [-0.39, 0.29) is 35.5 Å². The highest BCUT2D eigenvalue weighted by Gasteiger charge is 2.57. The number of carbonyl (C=O) groups excluding carboxylic acids is 2. The van der Waals surface area contributed by atoms with Crippen LogP contribution in [0.5, 0.6) is 0 Å². The van der Waals surface area contributed by atoms with Crippen LogP contribution in [0.3, 0.4) is 0 Å². The molecule has 3 unspecified atom stereocenters. The molecule has 27 heavy (non-hydrogen) atoms. The smallest absolute Gasteiger partial charge is 0.310 e. The fourth-order valence-corrected chi connectivity index (χ4v) is 3.96. The van der Waals surface area contributed by atoms with Gasteiger partial charge in [-0.2, -0.15) is 0 Å². The molecule has 1 N–H and O–H groups in total. The molecule has 0 aliphatic heterocycles. The van der Waals surface area contributed by atoms with Gasteiger partial charge in [-0.1, -0.05) is 50.2 Å². The van der Waals surface area contributed by atoms with Crippen molar-refractivity contribution in [2.24, 2.45) is 11.8 Å². The van der Waals surface area contributed by atoms with Crippen LogP contribution in [0.15, 0.2) is 53.0 Å². The van der Waals surface area contributed by atoms with Crippen molar-refractivity contribution in [2.75, 3.05) is 11.9 Å². The van der Waals surface area contributed by atoms with Crippen LogP contribution in [0.2, 0.25) is 0 Å². The van der Waals surface area contributed by atoms with E-state index in [2.05, 4.69) is 33.4 Å². The molecule has 1 amide bonds. The molecule has 5 heteroatoms. The summed E-state index contributed by atoms with van der Waals surface area (Å²) >= 11 is 3.55. The van der Waals surface area contributed by atoms with Gasteiger partial charge in [0.1, 0.15) is 0 Å². The van der Waals surface area contributed by atoms with Gasteiger partial charge in [0.05, 0.1) is 18.2 Å². The normalized spacial score (nSPS) is 21.0. The number of amides is 1. The fourth-order valence-electron chi connectivity index (χ4n) is 3.46. The van der Waals surface area contributed by atoms with E-state index in [9.17, 15) is 9.59 Å². The second kappa shape index (κ2) is 8.26. The molecule has 1 saturated carbocycles. The molecular formula is C22H24BrNO3. The second-order valence-corrected chi connectivity index (χ2v) is 7.98. The lowest BCUT2D eigenvalue weighted by atomic mass is 10.0. The third-order valence-electron chi connectivity index (χ3n) is 4.92. The largest absolute Gasteiger partial charge is 0.466 e. The molecule has 4 nitrogen and oxygen atoms in total. The molecule has 0 heterocycles. The number of hydrogen-bond acceptors (Lipinski definition) is 3. The molecule has 3 rings (SSSR count). The van der Waals surface area contributed by atoms with Gasteiger partial charge in [-0.25, -0.2) is 0 Å². The number of benzene rings is 2. The molecule has 0 saturated heterocycles. The lowest BCUT2D eigenvalue weighted by molar-refractivity contribution is -0.144. The molecular weight excluding hydrogens is 406 g/mol. The number of ether oxygens (including phenoxy) is 1. The predicted molar refractivity (Wildman–Crippen MR) is 110 cm³/mol. The summed E-state index contributed by atoms with van der Waals surface area (Å²) in [5.74, 6) is -0.233. The quantitative estimate of drug-likeness (QED) is 0.649. The molecule has 142 valence electrons. The average molecular weight is 430 g/mol.